The van der Waals surface area contributed by atoms with Crippen LogP contribution in [-0.4, -0.2) is 17.5 Å². The minimum atomic E-state index is 0.0969. The maximum atomic E-state index is 11.3. The zero-order valence-corrected chi connectivity index (χ0v) is 8.49. The van der Waals surface area contributed by atoms with Gasteiger partial charge in [0.05, 0.1) is 0 Å². The fraction of sp³-hybridized carbons (Fsp3) is 0.417. The van der Waals surface area contributed by atoms with Gasteiger partial charge in [-0.3, -0.25) is 4.79 Å². The predicted molar refractivity (Wildman–Crippen MR) is 56.2 cm³/mol. The molecule has 76 valence electrons. The van der Waals surface area contributed by atoms with Gasteiger partial charge in [-0.05, 0) is 18.9 Å². The third-order valence-electron chi connectivity index (χ3n) is 2.14. The molecule has 0 atom stereocenters. The summed E-state index contributed by atoms with van der Waals surface area (Å²) >= 11 is 0. The van der Waals surface area contributed by atoms with Gasteiger partial charge in [0.1, 0.15) is 5.78 Å². The molecule has 0 aromatic heterocycles. The van der Waals surface area contributed by atoms with Crippen molar-refractivity contribution in [3.63, 3.8) is 0 Å². The predicted octanol–water partition coefficient (Wildman–Crippen LogP) is 1.88. The zero-order chi connectivity index (χ0) is 10.4. The summed E-state index contributed by atoms with van der Waals surface area (Å²) in [6.45, 7) is 2.12. The fourth-order valence-corrected chi connectivity index (χ4v) is 1.30. The lowest BCUT2D eigenvalue weighted by atomic mass is 10.0. The summed E-state index contributed by atoms with van der Waals surface area (Å²) in [5, 5.41) is 8.57. The molecule has 0 heterocycles. The molecule has 14 heavy (non-hydrogen) atoms. The molecule has 0 radical (unpaired) electrons. The van der Waals surface area contributed by atoms with Crippen molar-refractivity contribution in [2.24, 2.45) is 0 Å². The minimum Gasteiger partial charge on any atom is -0.396 e. The normalized spacial score (nSPS) is 10.1. The molecule has 2 heteroatoms. The van der Waals surface area contributed by atoms with Crippen LogP contribution in [0.3, 0.4) is 0 Å². The number of Topliss-reactive ketones (excluding diaryl/α,β-unsaturated/α-hetero) is 1. The van der Waals surface area contributed by atoms with Crippen molar-refractivity contribution in [3.05, 3.63) is 35.4 Å². The van der Waals surface area contributed by atoms with E-state index in [1.165, 1.54) is 5.56 Å². The maximum absolute atomic E-state index is 11.3. The van der Waals surface area contributed by atoms with Crippen molar-refractivity contribution in [1.82, 2.24) is 0 Å². The van der Waals surface area contributed by atoms with Gasteiger partial charge >= 0.3 is 0 Å². The Bertz CT molecular complexity index is 288. The Balaban J connectivity index is 2.44. The Morgan fingerprint density at radius 2 is 1.93 bits per heavy atom. The van der Waals surface area contributed by atoms with E-state index in [2.05, 4.69) is 0 Å². The Hall–Kier alpha value is -1.15. The van der Waals surface area contributed by atoms with Crippen molar-refractivity contribution in [3.8, 4) is 0 Å². The molecule has 0 saturated heterocycles. The van der Waals surface area contributed by atoms with Crippen LogP contribution in [0.25, 0.3) is 0 Å². The molecule has 0 aliphatic carbocycles. The molecule has 1 aromatic rings. The largest absolute Gasteiger partial charge is 0.396 e. The zero-order valence-electron chi connectivity index (χ0n) is 8.49. The third kappa shape index (κ3) is 3.71. The monoisotopic (exact) mass is 192 g/mol. The van der Waals surface area contributed by atoms with E-state index >= 15 is 0 Å². The molecule has 0 fully saturated rings. The fourth-order valence-electron chi connectivity index (χ4n) is 1.30. The summed E-state index contributed by atoms with van der Waals surface area (Å²) in [6.07, 6.45) is 1.54. The maximum Gasteiger partial charge on any atom is 0.137 e. The number of carbonyl (C=O) groups is 1. The smallest absolute Gasteiger partial charge is 0.137 e. The topological polar surface area (TPSA) is 37.3 Å². The standard InChI is InChI=1S/C12H16O2/c1-10-4-6-11(7-5-10)9-12(14)3-2-8-13/h4-7,13H,2-3,8-9H2,1H3. The molecule has 0 aliphatic rings. The van der Waals surface area contributed by atoms with Gasteiger partial charge in [-0.2, -0.15) is 0 Å². The van der Waals surface area contributed by atoms with Crippen molar-refractivity contribution in [1.29, 1.82) is 0 Å². The number of benzene rings is 1. The van der Waals surface area contributed by atoms with Crippen LogP contribution in [0.2, 0.25) is 0 Å². The molecule has 0 aliphatic heterocycles. The second-order valence-electron chi connectivity index (χ2n) is 3.53. The molecule has 1 aromatic carbocycles. The van der Waals surface area contributed by atoms with E-state index in [1.54, 1.807) is 0 Å². The number of rotatable bonds is 5. The minimum absolute atomic E-state index is 0.0969. The van der Waals surface area contributed by atoms with Gasteiger partial charge in [-0.25, -0.2) is 0 Å². The molecule has 1 N–H and O–H groups in total. The molecular formula is C12H16O2. The van der Waals surface area contributed by atoms with Crippen molar-refractivity contribution in [2.45, 2.75) is 26.2 Å². The van der Waals surface area contributed by atoms with E-state index in [-0.39, 0.29) is 12.4 Å². The molecule has 0 amide bonds. The highest BCUT2D eigenvalue weighted by molar-refractivity contribution is 5.80. The van der Waals surface area contributed by atoms with Gasteiger partial charge in [-0.15, -0.1) is 0 Å². The van der Waals surface area contributed by atoms with Crippen LogP contribution >= 0.6 is 0 Å². The SMILES string of the molecule is Cc1ccc(CC(=O)CCCO)cc1. The van der Waals surface area contributed by atoms with Crippen molar-refractivity contribution < 1.29 is 9.90 Å². The van der Waals surface area contributed by atoms with Crippen LogP contribution in [0.4, 0.5) is 0 Å². The summed E-state index contributed by atoms with van der Waals surface area (Å²) in [5.41, 5.74) is 2.26. The molecule has 0 spiro atoms. The van der Waals surface area contributed by atoms with Gasteiger partial charge < -0.3 is 5.11 Å². The van der Waals surface area contributed by atoms with Crippen LogP contribution in [0, 0.1) is 6.92 Å². The number of hydrogen-bond acceptors (Lipinski definition) is 2. The number of aryl methyl sites for hydroxylation is 1. The average Bonchev–Trinajstić information content (AvgIpc) is 2.18. The number of aliphatic hydroxyl groups is 1. The first-order valence-electron chi connectivity index (χ1n) is 4.90. The molecule has 0 saturated carbocycles. The Morgan fingerprint density at radius 3 is 2.50 bits per heavy atom. The highest BCUT2D eigenvalue weighted by Gasteiger charge is 2.02. The van der Waals surface area contributed by atoms with Crippen molar-refractivity contribution in [2.75, 3.05) is 6.61 Å². The third-order valence-corrected chi connectivity index (χ3v) is 2.14. The van der Waals surface area contributed by atoms with Gasteiger partial charge in [0.15, 0.2) is 0 Å². The molecule has 0 bridgehead atoms. The van der Waals surface area contributed by atoms with Crippen LogP contribution in [0.1, 0.15) is 24.0 Å². The van der Waals surface area contributed by atoms with Gasteiger partial charge in [0.2, 0.25) is 0 Å². The van der Waals surface area contributed by atoms with Crippen LogP contribution in [0.5, 0.6) is 0 Å². The van der Waals surface area contributed by atoms with Gasteiger partial charge in [0, 0.05) is 19.4 Å². The Morgan fingerprint density at radius 1 is 1.29 bits per heavy atom. The summed E-state index contributed by atoms with van der Waals surface area (Å²) in [4.78, 5) is 11.3. The molecule has 0 unspecified atom stereocenters. The first kappa shape index (κ1) is 10.9. The van der Waals surface area contributed by atoms with Crippen molar-refractivity contribution >= 4 is 5.78 Å². The van der Waals surface area contributed by atoms with E-state index < -0.39 is 0 Å². The van der Waals surface area contributed by atoms with E-state index in [0.717, 1.165) is 5.56 Å². The number of aliphatic hydroxyl groups excluding tert-OH is 1. The summed E-state index contributed by atoms with van der Waals surface area (Å²) in [6, 6.07) is 7.97. The van der Waals surface area contributed by atoms with Crippen LogP contribution in [0.15, 0.2) is 24.3 Å². The van der Waals surface area contributed by atoms with E-state index in [1.807, 2.05) is 31.2 Å². The van der Waals surface area contributed by atoms with Crippen LogP contribution in [-0.2, 0) is 11.2 Å². The highest BCUT2D eigenvalue weighted by Crippen LogP contribution is 2.05. The van der Waals surface area contributed by atoms with Gasteiger partial charge in [0.25, 0.3) is 0 Å². The Kier molecular flexibility index (Phi) is 4.33. The number of carbonyl (C=O) groups excluding carboxylic acids is 1. The van der Waals surface area contributed by atoms with E-state index in [0.29, 0.717) is 19.3 Å². The lowest BCUT2D eigenvalue weighted by Crippen LogP contribution is -2.03. The Labute approximate surface area is 84.6 Å². The lowest BCUT2D eigenvalue weighted by molar-refractivity contribution is -0.118. The number of ketones is 1. The van der Waals surface area contributed by atoms with E-state index in [9.17, 15) is 4.79 Å². The first-order chi connectivity index (χ1) is 6.72. The summed E-state index contributed by atoms with van der Waals surface area (Å²) in [5.74, 6) is 0.197. The average molecular weight is 192 g/mol. The molecule has 1 rings (SSSR count). The summed E-state index contributed by atoms with van der Waals surface area (Å²) < 4.78 is 0. The van der Waals surface area contributed by atoms with E-state index in [4.69, 9.17) is 5.11 Å². The first-order valence-corrected chi connectivity index (χ1v) is 4.90. The lowest BCUT2D eigenvalue weighted by Gasteiger charge is -2.00. The number of hydrogen-bond donors (Lipinski definition) is 1. The van der Waals surface area contributed by atoms with Gasteiger partial charge in [-0.1, -0.05) is 29.8 Å². The molecular weight excluding hydrogens is 176 g/mol. The molecule has 2 nitrogen and oxygen atoms in total. The second-order valence-corrected chi connectivity index (χ2v) is 3.53. The quantitative estimate of drug-likeness (QED) is 0.773. The highest BCUT2D eigenvalue weighted by atomic mass is 16.3. The van der Waals surface area contributed by atoms with Crippen LogP contribution < -0.4 is 0 Å². The summed E-state index contributed by atoms with van der Waals surface area (Å²) in [7, 11) is 0. The second kappa shape index (κ2) is 5.55.